The number of hydrogen-bond donors (Lipinski definition) is 0. The van der Waals surface area contributed by atoms with Crippen molar-refractivity contribution in [3.63, 3.8) is 0 Å². The van der Waals surface area contributed by atoms with Gasteiger partial charge in [0.1, 0.15) is 18.2 Å². The zero-order chi connectivity index (χ0) is 15.7. The summed E-state index contributed by atoms with van der Waals surface area (Å²) in [6.07, 6.45) is 0. The summed E-state index contributed by atoms with van der Waals surface area (Å²) in [5, 5.41) is 1.56. The van der Waals surface area contributed by atoms with Crippen molar-refractivity contribution in [1.82, 2.24) is 4.57 Å². The SMILES string of the molecule is CC(C)n1c(COc2ccc(Cl)cc2)cc2cccc(F)c21. The van der Waals surface area contributed by atoms with Crippen LogP contribution in [-0.2, 0) is 6.61 Å². The first-order valence-electron chi connectivity index (χ1n) is 7.23. The van der Waals surface area contributed by atoms with Gasteiger partial charge in [0, 0.05) is 16.5 Å². The Hall–Kier alpha value is -2.00. The van der Waals surface area contributed by atoms with E-state index in [0.29, 0.717) is 17.1 Å². The minimum Gasteiger partial charge on any atom is -0.487 e. The summed E-state index contributed by atoms with van der Waals surface area (Å²) < 4.78 is 21.9. The molecule has 3 rings (SSSR count). The average molecular weight is 318 g/mol. The maximum atomic E-state index is 14.2. The molecule has 0 saturated heterocycles. The van der Waals surface area contributed by atoms with E-state index in [0.717, 1.165) is 16.8 Å². The molecule has 0 unspecified atom stereocenters. The van der Waals surface area contributed by atoms with E-state index in [4.69, 9.17) is 16.3 Å². The Bertz CT molecular complexity index is 793. The van der Waals surface area contributed by atoms with E-state index >= 15 is 0 Å². The van der Waals surface area contributed by atoms with Crippen LogP contribution in [0.4, 0.5) is 4.39 Å². The molecule has 22 heavy (non-hydrogen) atoms. The van der Waals surface area contributed by atoms with Gasteiger partial charge in [-0.25, -0.2) is 4.39 Å². The molecule has 0 fully saturated rings. The van der Waals surface area contributed by atoms with E-state index in [1.54, 1.807) is 18.2 Å². The lowest BCUT2D eigenvalue weighted by atomic mass is 10.2. The van der Waals surface area contributed by atoms with Crippen LogP contribution in [0.25, 0.3) is 10.9 Å². The van der Waals surface area contributed by atoms with Crippen molar-refractivity contribution in [2.24, 2.45) is 0 Å². The standard InChI is InChI=1S/C18H17ClFNO/c1-12(2)21-15(10-13-4-3-5-17(20)18(13)21)11-22-16-8-6-14(19)7-9-16/h3-10,12H,11H2,1-2H3. The normalized spacial score (nSPS) is 11.3. The first-order valence-corrected chi connectivity index (χ1v) is 7.61. The summed E-state index contributed by atoms with van der Waals surface area (Å²) in [6.45, 7) is 4.46. The number of hydrogen-bond acceptors (Lipinski definition) is 1. The van der Waals surface area contributed by atoms with Crippen molar-refractivity contribution in [3.05, 3.63) is 65.1 Å². The Kier molecular flexibility index (Phi) is 4.08. The molecule has 0 aliphatic rings. The molecule has 2 nitrogen and oxygen atoms in total. The quantitative estimate of drug-likeness (QED) is 0.611. The minimum atomic E-state index is -0.205. The highest BCUT2D eigenvalue weighted by atomic mass is 35.5. The van der Waals surface area contributed by atoms with Gasteiger partial charge < -0.3 is 9.30 Å². The van der Waals surface area contributed by atoms with E-state index in [2.05, 4.69) is 0 Å². The predicted molar refractivity (Wildman–Crippen MR) is 88.1 cm³/mol. The first kappa shape index (κ1) is 14.9. The Labute approximate surface area is 134 Å². The number of halogens is 2. The van der Waals surface area contributed by atoms with Crippen LogP contribution in [0, 0.1) is 5.82 Å². The number of nitrogens with zero attached hydrogens (tertiary/aromatic N) is 1. The van der Waals surface area contributed by atoms with Crippen molar-refractivity contribution in [3.8, 4) is 5.75 Å². The van der Waals surface area contributed by atoms with Gasteiger partial charge in [0.25, 0.3) is 0 Å². The summed E-state index contributed by atoms with van der Waals surface area (Å²) in [6, 6.07) is 14.5. The lowest BCUT2D eigenvalue weighted by Gasteiger charge is -2.15. The van der Waals surface area contributed by atoms with Crippen molar-refractivity contribution in [2.45, 2.75) is 26.5 Å². The van der Waals surface area contributed by atoms with Crippen LogP contribution in [0.1, 0.15) is 25.6 Å². The molecule has 0 aliphatic heterocycles. The largest absolute Gasteiger partial charge is 0.487 e. The Balaban J connectivity index is 1.94. The molecule has 0 bridgehead atoms. The van der Waals surface area contributed by atoms with Crippen LogP contribution in [0.5, 0.6) is 5.75 Å². The number of para-hydroxylation sites is 1. The van der Waals surface area contributed by atoms with Gasteiger partial charge in [-0.3, -0.25) is 0 Å². The van der Waals surface area contributed by atoms with E-state index in [9.17, 15) is 4.39 Å². The molecule has 3 aromatic rings. The molecule has 0 radical (unpaired) electrons. The van der Waals surface area contributed by atoms with Gasteiger partial charge in [-0.1, -0.05) is 23.7 Å². The molecule has 1 aromatic heterocycles. The fourth-order valence-corrected chi connectivity index (χ4v) is 2.81. The summed E-state index contributed by atoms with van der Waals surface area (Å²) >= 11 is 5.87. The molecule has 0 atom stereocenters. The molecule has 0 aliphatic carbocycles. The van der Waals surface area contributed by atoms with Gasteiger partial charge in [0.15, 0.2) is 0 Å². The second kappa shape index (κ2) is 6.01. The summed E-state index contributed by atoms with van der Waals surface area (Å²) in [4.78, 5) is 0. The topological polar surface area (TPSA) is 14.2 Å². The van der Waals surface area contributed by atoms with Crippen LogP contribution in [0.2, 0.25) is 5.02 Å². The van der Waals surface area contributed by atoms with E-state index < -0.39 is 0 Å². The fourth-order valence-electron chi connectivity index (χ4n) is 2.68. The van der Waals surface area contributed by atoms with Gasteiger partial charge in [-0.05, 0) is 50.2 Å². The van der Waals surface area contributed by atoms with Crippen LogP contribution in [-0.4, -0.2) is 4.57 Å². The number of fused-ring (bicyclic) bond motifs is 1. The minimum absolute atomic E-state index is 0.151. The zero-order valence-electron chi connectivity index (χ0n) is 12.5. The molecular weight excluding hydrogens is 301 g/mol. The molecule has 0 saturated carbocycles. The predicted octanol–water partition coefficient (Wildman–Crippen LogP) is 5.59. The van der Waals surface area contributed by atoms with Gasteiger partial charge >= 0.3 is 0 Å². The highest BCUT2D eigenvalue weighted by molar-refractivity contribution is 6.30. The molecule has 0 N–H and O–H groups in total. The second-order valence-corrected chi connectivity index (χ2v) is 5.96. The second-order valence-electron chi connectivity index (χ2n) is 5.52. The third-order valence-corrected chi connectivity index (χ3v) is 3.86. The smallest absolute Gasteiger partial charge is 0.147 e. The highest BCUT2D eigenvalue weighted by Crippen LogP contribution is 2.27. The molecule has 114 valence electrons. The van der Waals surface area contributed by atoms with Crippen molar-refractivity contribution in [1.29, 1.82) is 0 Å². The number of aromatic nitrogens is 1. The maximum absolute atomic E-state index is 14.2. The first-order chi connectivity index (χ1) is 10.6. The lowest BCUT2D eigenvalue weighted by Crippen LogP contribution is -2.08. The number of ether oxygens (including phenoxy) is 1. The van der Waals surface area contributed by atoms with Gasteiger partial charge in [0.2, 0.25) is 0 Å². The third kappa shape index (κ3) is 2.81. The van der Waals surface area contributed by atoms with Crippen molar-refractivity contribution >= 4 is 22.5 Å². The van der Waals surface area contributed by atoms with Crippen LogP contribution < -0.4 is 4.74 Å². The van der Waals surface area contributed by atoms with Crippen molar-refractivity contribution in [2.75, 3.05) is 0 Å². The lowest BCUT2D eigenvalue weighted by molar-refractivity contribution is 0.293. The Morgan fingerprint density at radius 2 is 1.86 bits per heavy atom. The van der Waals surface area contributed by atoms with Crippen molar-refractivity contribution < 1.29 is 9.13 Å². The Morgan fingerprint density at radius 1 is 1.14 bits per heavy atom. The van der Waals surface area contributed by atoms with Gasteiger partial charge in [-0.15, -0.1) is 0 Å². The van der Waals surface area contributed by atoms with Gasteiger partial charge in [0.05, 0.1) is 11.2 Å². The summed E-state index contributed by atoms with van der Waals surface area (Å²) in [5.74, 6) is 0.536. The van der Waals surface area contributed by atoms with E-state index in [1.807, 2.05) is 42.7 Å². The Morgan fingerprint density at radius 3 is 2.55 bits per heavy atom. The molecule has 0 spiro atoms. The summed E-state index contributed by atoms with van der Waals surface area (Å²) in [7, 11) is 0. The van der Waals surface area contributed by atoms with Crippen LogP contribution >= 0.6 is 11.6 Å². The number of rotatable bonds is 4. The molecule has 1 heterocycles. The number of benzene rings is 2. The molecule has 4 heteroatoms. The van der Waals surface area contributed by atoms with E-state index in [-0.39, 0.29) is 11.9 Å². The molecular formula is C18H17ClFNO. The third-order valence-electron chi connectivity index (χ3n) is 3.61. The summed E-state index contributed by atoms with van der Waals surface area (Å²) in [5.41, 5.74) is 1.58. The van der Waals surface area contributed by atoms with Crippen LogP contribution in [0.15, 0.2) is 48.5 Å². The molecule has 0 amide bonds. The highest BCUT2D eigenvalue weighted by Gasteiger charge is 2.15. The van der Waals surface area contributed by atoms with E-state index in [1.165, 1.54) is 6.07 Å². The molecule has 2 aromatic carbocycles. The monoisotopic (exact) mass is 317 g/mol. The van der Waals surface area contributed by atoms with Gasteiger partial charge in [-0.2, -0.15) is 0 Å². The zero-order valence-corrected chi connectivity index (χ0v) is 13.3. The van der Waals surface area contributed by atoms with Crippen LogP contribution in [0.3, 0.4) is 0 Å². The average Bonchev–Trinajstić information content (AvgIpc) is 2.87. The fraction of sp³-hybridized carbons (Fsp3) is 0.222. The maximum Gasteiger partial charge on any atom is 0.147 e.